The molecule has 1 aromatic rings. The standard InChI is InChI=1S/C12H18BrN3O2/c1-12(2,7-14)8-15(3)11-6-9(13)4-5-10(11)16(17)18/h4-6H,7-8,14H2,1-3H3. The SMILES string of the molecule is CN(CC(C)(C)CN)c1cc(Br)ccc1[N+](=O)[O-]. The molecule has 0 aromatic heterocycles. The minimum atomic E-state index is -0.367. The monoisotopic (exact) mass is 315 g/mol. The van der Waals surface area contributed by atoms with Gasteiger partial charge in [-0.2, -0.15) is 0 Å². The van der Waals surface area contributed by atoms with Gasteiger partial charge in [0, 0.05) is 24.1 Å². The van der Waals surface area contributed by atoms with Crippen LogP contribution < -0.4 is 10.6 Å². The zero-order valence-electron chi connectivity index (χ0n) is 10.8. The van der Waals surface area contributed by atoms with Crippen molar-refractivity contribution in [2.24, 2.45) is 11.1 Å². The summed E-state index contributed by atoms with van der Waals surface area (Å²) in [6, 6.07) is 4.93. The van der Waals surface area contributed by atoms with Crippen LogP contribution in [0.5, 0.6) is 0 Å². The maximum absolute atomic E-state index is 11.0. The predicted molar refractivity (Wildman–Crippen MR) is 76.9 cm³/mol. The van der Waals surface area contributed by atoms with Crippen LogP contribution >= 0.6 is 15.9 Å². The van der Waals surface area contributed by atoms with Gasteiger partial charge in [-0.3, -0.25) is 10.1 Å². The van der Waals surface area contributed by atoms with Gasteiger partial charge in [-0.1, -0.05) is 29.8 Å². The Morgan fingerprint density at radius 2 is 2.11 bits per heavy atom. The lowest BCUT2D eigenvalue weighted by atomic mass is 9.93. The van der Waals surface area contributed by atoms with Gasteiger partial charge in [0.25, 0.3) is 5.69 Å². The molecule has 0 saturated heterocycles. The van der Waals surface area contributed by atoms with E-state index in [1.165, 1.54) is 6.07 Å². The zero-order valence-corrected chi connectivity index (χ0v) is 12.4. The van der Waals surface area contributed by atoms with E-state index in [0.29, 0.717) is 18.8 Å². The first-order chi connectivity index (χ1) is 8.26. The Labute approximate surface area is 115 Å². The second-order valence-corrected chi connectivity index (χ2v) is 6.03. The predicted octanol–water partition coefficient (Wildman–Crippen LogP) is 2.78. The third-order valence-corrected chi connectivity index (χ3v) is 3.26. The topological polar surface area (TPSA) is 72.4 Å². The van der Waals surface area contributed by atoms with Gasteiger partial charge < -0.3 is 10.6 Å². The highest BCUT2D eigenvalue weighted by molar-refractivity contribution is 9.10. The number of benzene rings is 1. The fourth-order valence-electron chi connectivity index (χ4n) is 1.75. The highest BCUT2D eigenvalue weighted by atomic mass is 79.9. The van der Waals surface area contributed by atoms with Crippen molar-refractivity contribution in [1.29, 1.82) is 0 Å². The summed E-state index contributed by atoms with van der Waals surface area (Å²) in [5, 5.41) is 11.0. The number of nitro benzene ring substituents is 1. The van der Waals surface area contributed by atoms with Crippen molar-refractivity contribution in [2.75, 3.05) is 25.0 Å². The van der Waals surface area contributed by atoms with Gasteiger partial charge in [0.1, 0.15) is 5.69 Å². The molecule has 0 fully saturated rings. The molecule has 6 heteroatoms. The molecule has 0 heterocycles. The van der Waals surface area contributed by atoms with E-state index in [9.17, 15) is 10.1 Å². The van der Waals surface area contributed by atoms with Crippen LogP contribution in [0.1, 0.15) is 13.8 Å². The van der Waals surface area contributed by atoms with Gasteiger partial charge in [-0.25, -0.2) is 0 Å². The van der Waals surface area contributed by atoms with E-state index in [1.807, 2.05) is 25.8 Å². The smallest absolute Gasteiger partial charge is 0.292 e. The number of anilines is 1. The molecule has 18 heavy (non-hydrogen) atoms. The van der Waals surface area contributed by atoms with Gasteiger partial charge in [0.05, 0.1) is 4.92 Å². The molecule has 2 N–H and O–H groups in total. The van der Waals surface area contributed by atoms with Gasteiger partial charge in [-0.05, 0) is 24.1 Å². The fraction of sp³-hybridized carbons (Fsp3) is 0.500. The lowest BCUT2D eigenvalue weighted by molar-refractivity contribution is -0.384. The van der Waals surface area contributed by atoms with E-state index in [-0.39, 0.29) is 16.0 Å². The minimum Gasteiger partial charge on any atom is -0.368 e. The summed E-state index contributed by atoms with van der Waals surface area (Å²) in [4.78, 5) is 12.5. The molecule has 0 aliphatic rings. The van der Waals surface area contributed by atoms with Crippen LogP contribution in [0, 0.1) is 15.5 Å². The van der Waals surface area contributed by atoms with Crippen LogP contribution in [-0.4, -0.2) is 25.1 Å². The first kappa shape index (κ1) is 14.9. The number of hydrogen-bond acceptors (Lipinski definition) is 4. The molecule has 100 valence electrons. The van der Waals surface area contributed by atoms with Crippen molar-refractivity contribution in [1.82, 2.24) is 0 Å². The molecule has 0 radical (unpaired) electrons. The van der Waals surface area contributed by atoms with E-state index >= 15 is 0 Å². The largest absolute Gasteiger partial charge is 0.368 e. The van der Waals surface area contributed by atoms with Crippen LogP contribution in [0.2, 0.25) is 0 Å². The Bertz CT molecular complexity index is 449. The molecule has 0 unspecified atom stereocenters. The summed E-state index contributed by atoms with van der Waals surface area (Å²) < 4.78 is 0.820. The van der Waals surface area contributed by atoms with Gasteiger partial charge in [0.15, 0.2) is 0 Å². The summed E-state index contributed by atoms with van der Waals surface area (Å²) in [6.07, 6.45) is 0. The van der Waals surface area contributed by atoms with Crippen molar-refractivity contribution in [2.45, 2.75) is 13.8 Å². The quantitative estimate of drug-likeness (QED) is 0.670. The van der Waals surface area contributed by atoms with E-state index < -0.39 is 0 Å². The lowest BCUT2D eigenvalue weighted by Crippen LogP contribution is -2.37. The first-order valence-corrected chi connectivity index (χ1v) is 6.41. The number of halogens is 1. The molecule has 1 aromatic carbocycles. The average molecular weight is 316 g/mol. The van der Waals surface area contributed by atoms with E-state index in [1.54, 1.807) is 12.1 Å². The maximum atomic E-state index is 11.0. The molecule has 0 amide bonds. The van der Waals surface area contributed by atoms with Crippen molar-refractivity contribution >= 4 is 27.3 Å². The summed E-state index contributed by atoms with van der Waals surface area (Å²) in [5.74, 6) is 0. The number of nitro groups is 1. The zero-order chi connectivity index (χ0) is 13.9. The number of nitrogens with two attached hydrogens (primary N) is 1. The molecule has 1 rings (SSSR count). The summed E-state index contributed by atoms with van der Waals surface area (Å²) in [5.41, 5.74) is 6.30. The van der Waals surface area contributed by atoms with Crippen LogP contribution in [0.25, 0.3) is 0 Å². The normalized spacial score (nSPS) is 11.4. The Balaban J connectivity index is 3.07. The third kappa shape index (κ3) is 3.68. The Kier molecular flexibility index (Phi) is 4.70. The second kappa shape index (κ2) is 5.67. The van der Waals surface area contributed by atoms with Crippen molar-refractivity contribution in [3.63, 3.8) is 0 Å². The minimum absolute atomic E-state index is 0.0923. The molecule has 0 saturated carbocycles. The average Bonchev–Trinajstić information content (AvgIpc) is 2.28. The molecule has 0 spiro atoms. The molecule has 0 aliphatic heterocycles. The van der Waals surface area contributed by atoms with Crippen LogP contribution in [0.3, 0.4) is 0 Å². The summed E-state index contributed by atoms with van der Waals surface area (Å²) in [6.45, 7) is 5.25. The Morgan fingerprint density at radius 3 is 2.61 bits per heavy atom. The van der Waals surface area contributed by atoms with Crippen LogP contribution in [0.4, 0.5) is 11.4 Å². The van der Waals surface area contributed by atoms with Crippen molar-refractivity contribution in [3.05, 3.63) is 32.8 Å². The maximum Gasteiger partial charge on any atom is 0.292 e. The van der Waals surface area contributed by atoms with Crippen molar-refractivity contribution < 1.29 is 4.92 Å². The Morgan fingerprint density at radius 1 is 1.50 bits per heavy atom. The first-order valence-electron chi connectivity index (χ1n) is 5.62. The number of hydrogen-bond donors (Lipinski definition) is 1. The van der Waals surface area contributed by atoms with Gasteiger partial charge in [-0.15, -0.1) is 0 Å². The molecule has 0 aliphatic carbocycles. The third-order valence-electron chi connectivity index (χ3n) is 2.76. The van der Waals surface area contributed by atoms with E-state index in [4.69, 9.17) is 5.73 Å². The highest BCUT2D eigenvalue weighted by Crippen LogP contribution is 2.32. The van der Waals surface area contributed by atoms with Crippen molar-refractivity contribution in [3.8, 4) is 0 Å². The Hall–Kier alpha value is -1.14. The molecule has 0 atom stereocenters. The number of nitrogens with zero attached hydrogens (tertiary/aromatic N) is 2. The lowest BCUT2D eigenvalue weighted by Gasteiger charge is -2.30. The van der Waals surface area contributed by atoms with E-state index in [2.05, 4.69) is 15.9 Å². The van der Waals surface area contributed by atoms with Crippen LogP contribution in [-0.2, 0) is 0 Å². The van der Waals surface area contributed by atoms with E-state index in [0.717, 1.165) is 4.47 Å². The molecular formula is C12H18BrN3O2. The van der Waals surface area contributed by atoms with Gasteiger partial charge >= 0.3 is 0 Å². The molecular weight excluding hydrogens is 298 g/mol. The number of rotatable bonds is 5. The van der Waals surface area contributed by atoms with Gasteiger partial charge in [0.2, 0.25) is 0 Å². The molecule has 0 bridgehead atoms. The highest BCUT2D eigenvalue weighted by Gasteiger charge is 2.23. The fourth-order valence-corrected chi connectivity index (χ4v) is 2.10. The summed E-state index contributed by atoms with van der Waals surface area (Å²) >= 11 is 3.34. The van der Waals surface area contributed by atoms with Crippen LogP contribution in [0.15, 0.2) is 22.7 Å². The molecule has 5 nitrogen and oxygen atoms in total. The second-order valence-electron chi connectivity index (χ2n) is 5.11. The summed E-state index contributed by atoms with van der Waals surface area (Å²) in [7, 11) is 1.84.